The topological polar surface area (TPSA) is 48.9 Å². The lowest BCUT2D eigenvalue weighted by Crippen LogP contribution is -1.98. The monoisotopic (exact) mass is 348 g/mol. The molecule has 0 bridgehead atoms. The lowest BCUT2D eigenvalue weighted by atomic mass is 10.1. The third-order valence-corrected chi connectivity index (χ3v) is 4.35. The first-order chi connectivity index (χ1) is 12.2. The summed E-state index contributed by atoms with van der Waals surface area (Å²) >= 11 is 6.10. The number of benzene rings is 3. The first kappa shape index (κ1) is 16.9. The van der Waals surface area contributed by atoms with Crippen molar-refractivity contribution in [3.05, 3.63) is 77.3 Å². The summed E-state index contributed by atoms with van der Waals surface area (Å²) in [5.41, 5.74) is 3.31. The van der Waals surface area contributed by atoms with Crippen LogP contribution in [0.25, 0.3) is 21.8 Å². The number of halogens is 1. The summed E-state index contributed by atoms with van der Waals surface area (Å²) in [6, 6.07) is 23.9. The summed E-state index contributed by atoms with van der Waals surface area (Å²) in [5.74, 6) is 0.155. The molecule has 1 N–H and O–H groups in total. The number of nitrogens with zero attached hydrogens (tertiary/aromatic N) is 2. The van der Waals surface area contributed by atoms with Gasteiger partial charge in [0.05, 0.1) is 22.0 Å². The number of hydrogen-bond acceptors (Lipinski definition) is 2. The van der Waals surface area contributed by atoms with Gasteiger partial charge in [0.2, 0.25) is 0 Å². The molecule has 4 heteroatoms. The highest BCUT2D eigenvalue weighted by Crippen LogP contribution is 2.39. The van der Waals surface area contributed by atoms with Crippen molar-refractivity contribution >= 4 is 33.4 Å². The average molecular weight is 349 g/mol. The molecule has 0 aliphatic carbocycles. The number of para-hydroxylation sites is 1. The molecular weight excluding hydrogens is 332 g/mol. The van der Waals surface area contributed by atoms with Gasteiger partial charge < -0.3 is 9.67 Å². The number of nitriles is 1. The summed E-state index contributed by atoms with van der Waals surface area (Å²) in [5, 5.41) is 19.9. The molecule has 0 aliphatic rings. The highest BCUT2D eigenvalue weighted by molar-refractivity contribution is 6.34. The van der Waals surface area contributed by atoms with Gasteiger partial charge in [0.25, 0.3) is 0 Å². The van der Waals surface area contributed by atoms with Crippen LogP contribution in [0.1, 0.15) is 12.5 Å². The van der Waals surface area contributed by atoms with Gasteiger partial charge in [-0.05, 0) is 23.8 Å². The molecule has 3 aromatic carbocycles. The van der Waals surface area contributed by atoms with Crippen LogP contribution in [0.2, 0.25) is 5.02 Å². The van der Waals surface area contributed by atoms with Crippen LogP contribution in [0, 0.1) is 11.3 Å². The average Bonchev–Trinajstić information content (AvgIpc) is 2.94. The smallest absolute Gasteiger partial charge is 0.144 e. The fraction of sp³-hybridized carbons (Fsp3) is 0.0952. The largest absolute Gasteiger partial charge is 0.506 e. The van der Waals surface area contributed by atoms with Crippen molar-refractivity contribution in [1.29, 1.82) is 5.26 Å². The summed E-state index contributed by atoms with van der Waals surface area (Å²) in [6.45, 7) is 2.19. The van der Waals surface area contributed by atoms with Gasteiger partial charge >= 0.3 is 0 Å². The molecule has 1 heterocycles. The molecule has 0 unspecified atom stereocenters. The third kappa shape index (κ3) is 3.17. The van der Waals surface area contributed by atoms with Crippen LogP contribution in [-0.2, 0) is 6.54 Å². The Labute approximate surface area is 151 Å². The molecule has 0 saturated heterocycles. The zero-order valence-electron chi connectivity index (χ0n) is 13.8. The fourth-order valence-corrected chi connectivity index (χ4v) is 3.19. The van der Waals surface area contributed by atoms with Gasteiger partial charge in [-0.2, -0.15) is 5.26 Å². The molecule has 0 radical (unpaired) electrons. The summed E-state index contributed by atoms with van der Waals surface area (Å²) in [6.07, 6.45) is 0. The Bertz CT molecular complexity index is 1060. The predicted molar refractivity (Wildman–Crippen MR) is 103 cm³/mol. The van der Waals surface area contributed by atoms with Crippen molar-refractivity contribution in [2.45, 2.75) is 13.5 Å². The Morgan fingerprint density at radius 2 is 1.60 bits per heavy atom. The minimum absolute atomic E-state index is 0.155. The zero-order chi connectivity index (χ0) is 17.8. The van der Waals surface area contributed by atoms with Gasteiger partial charge in [0, 0.05) is 24.4 Å². The van der Waals surface area contributed by atoms with E-state index >= 15 is 0 Å². The van der Waals surface area contributed by atoms with Gasteiger partial charge in [0.15, 0.2) is 0 Å². The Morgan fingerprint density at radius 1 is 0.960 bits per heavy atom. The van der Waals surface area contributed by atoms with E-state index in [0.29, 0.717) is 5.02 Å². The first-order valence-electron chi connectivity index (χ1n) is 7.90. The number of phenols is 1. The van der Waals surface area contributed by atoms with Crippen LogP contribution >= 0.6 is 11.6 Å². The number of phenolic OH excluding ortho intramolecular Hbond substituents is 1. The van der Waals surface area contributed by atoms with Crippen molar-refractivity contribution in [1.82, 2.24) is 4.57 Å². The predicted octanol–water partition coefficient (Wildman–Crippen LogP) is 5.73. The Kier molecular flexibility index (Phi) is 4.92. The highest BCUT2D eigenvalue weighted by atomic mass is 35.5. The maximum atomic E-state index is 10.4. The van der Waals surface area contributed by atoms with Crippen LogP contribution < -0.4 is 0 Å². The van der Waals surface area contributed by atoms with E-state index in [0.717, 1.165) is 28.4 Å². The van der Waals surface area contributed by atoms with Crippen LogP contribution in [-0.4, -0.2) is 9.67 Å². The number of fused-ring (bicyclic) bond motifs is 3. The first-order valence-corrected chi connectivity index (χ1v) is 8.28. The number of aromatic nitrogens is 1. The zero-order valence-corrected chi connectivity index (χ0v) is 14.5. The Balaban J connectivity index is 0.000000569. The van der Waals surface area contributed by atoms with Crippen molar-refractivity contribution in [3.8, 4) is 11.8 Å². The second-order valence-corrected chi connectivity index (χ2v) is 6.01. The van der Waals surface area contributed by atoms with Crippen LogP contribution in [0.3, 0.4) is 0 Å². The second-order valence-electron chi connectivity index (χ2n) is 5.60. The Hall–Kier alpha value is -2.96. The normalized spacial score (nSPS) is 10.3. The standard InChI is InChI=1S/C19H14ClNO.C2H3N/c20-15-10-11-17-18(19(15)22)14-8-4-5-9-16(14)21(17)12-13-6-2-1-3-7-13;1-2-3/h1-11,22H,12H2;1H3. The van der Waals surface area contributed by atoms with E-state index in [1.807, 2.05) is 42.5 Å². The lowest BCUT2D eigenvalue weighted by Gasteiger charge is -2.08. The van der Waals surface area contributed by atoms with E-state index in [-0.39, 0.29) is 5.75 Å². The van der Waals surface area contributed by atoms with E-state index < -0.39 is 0 Å². The third-order valence-electron chi connectivity index (χ3n) is 4.05. The molecule has 0 atom stereocenters. The summed E-state index contributed by atoms with van der Waals surface area (Å²) in [4.78, 5) is 0. The minimum Gasteiger partial charge on any atom is -0.506 e. The van der Waals surface area contributed by atoms with E-state index in [4.69, 9.17) is 16.9 Å². The molecular formula is C21H17ClN2O. The van der Waals surface area contributed by atoms with Crippen LogP contribution in [0.15, 0.2) is 66.7 Å². The molecule has 0 fully saturated rings. The molecule has 25 heavy (non-hydrogen) atoms. The highest BCUT2D eigenvalue weighted by Gasteiger charge is 2.15. The van der Waals surface area contributed by atoms with Crippen molar-refractivity contribution in [2.75, 3.05) is 0 Å². The van der Waals surface area contributed by atoms with E-state index in [9.17, 15) is 5.11 Å². The minimum atomic E-state index is 0.155. The van der Waals surface area contributed by atoms with Gasteiger partial charge in [-0.25, -0.2) is 0 Å². The van der Waals surface area contributed by atoms with E-state index in [1.165, 1.54) is 12.5 Å². The maximum absolute atomic E-state index is 10.4. The number of rotatable bonds is 2. The van der Waals surface area contributed by atoms with Gasteiger partial charge in [-0.1, -0.05) is 60.1 Å². The number of hydrogen-bond donors (Lipinski definition) is 1. The molecule has 3 nitrogen and oxygen atoms in total. The molecule has 0 amide bonds. The second kappa shape index (κ2) is 7.29. The van der Waals surface area contributed by atoms with Gasteiger partial charge in [-0.15, -0.1) is 0 Å². The lowest BCUT2D eigenvalue weighted by molar-refractivity contribution is 0.482. The van der Waals surface area contributed by atoms with Crippen LogP contribution in [0.5, 0.6) is 5.75 Å². The molecule has 124 valence electrons. The molecule has 0 saturated carbocycles. The van der Waals surface area contributed by atoms with Crippen molar-refractivity contribution in [3.63, 3.8) is 0 Å². The van der Waals surface area contributed by atoms with Crippen molar-refractivity contribution < 1.29 is 5.11 Å². The quantitative estimate of drug-likeness (QED) is 0.502. The maximum Gasteiger partial charge on any atom is 0.144 e. The molecule has 0 spiro atoms. The fourth-order valence-electron chi connectivity index (χ4n) is 3.03. The van der Waals surface area contributed by atoms with Gasteiger partial charge in [0.1, 0.15) is 5.75 Å². The molecule has 4 aromatic rings. The van der Waals surface area contributed by atoms with Crippen molar-refractivity contribution in [2.24, 2.45) is 0 Å². The van der Waals surface area contributed by atoms with E-state index in [2.05, 4.69) is 22.8 Å². The van der Waals surface area contributed by atoms with Crippen LogP contribution in [0.4, 0.5) is 0 Å². The van der Waals surface area contributed by atoms with E-state index in [1.54, 1.807) is 12.1 Å². The Morgan fingerprint density at radius 3 is 2.32 bits per heavy atom. The summed E-state index contributed by atoms with van der Waals surface area (Å²) < 4.78 is 2.22. The molecule has 4 rings (SSSR count). The molecule has 1 aromatic heterocycles. The SMILES string of the molecule is CC#N.Oc1c(Cl)ccc2c1c1ccccc1n2Cc1ccccc1. The summed E-state index contributed by atoms with van der Waals surface area (Å²) in [7, 11) is 0. The van der Waals surface area contributed by atoms with Gasteiger partial charge in [-0.3, -0.25) is 0 Å². The number of aromatic hydroxyl groups is 1. The molecule has 0 aliphatic heterocycles.